The molecule has 4 rings (SSSR count). The van der Waals surface area contributed by atoms with Crippen molar-refractivity contribution in [3.63, 3.8) is 0 Å². The highest BCUT2D eigenvalue weighted by Gasteiger charge is 2.18. The van der Waals surface area contributed by atoms with Gasteiger partial charge in [0.25, 0.3) is 10.2 Å². The summed E-state index contributed by atoms with van der Waals surface area (Å²) in [5, 5.41) is 8.82. The lowest BCUT2D eigenvalue weighted by Crippen LogP contribution is -2.36. The summed E-state index contributed by atoms with van der Waals surface area (Å²) >= 11 is 1.47. The van der Waals surface area contributed by atoms with Crippen molar-refractivity contribution in [3.8, 4) is 16.9 Å². The molecule has 0 fully saturated rings. The van der Waals surface area contributed by atoms with Crippen LogP contribution < -0.4 is 25.6 Å². The van der Waals surface area contributed by atoms with Crippen LogP contribution in [0.15, 0.2) is 53.0 Å². The third-order valence-corrected chi connectivity index (χ3v) is 6.60. The molecule has 0 radical (unpaired) electrons. The second-order valence-corrected chi connectivity index (χ2v) is 9.62. The van der Waals surface area contributed by atoms with Crippen molar-refractivity contribution in [2.75, 3.05) is 32.5 Å². The summed E-state index contributed by atoms with van der Waals surface area (Å²) in [7, 11) is -2.08. The maximum absolute atomic E-state index is 11.0. The number of imidazole rings is 1. The zero-order chi connectivity index (χ0) is 24.1. The van der Waals surface area contributed by atoms with E-state index >= 15 is 0 Å². The molecule has 0 saturated heterocycles. The first kappa shape index (κ1) is 24.0. The Kier molecular flexibility index (Phi) is 7.33. The number of hydrogen-bond donors (Lipinski definition) is 5. The quantitative estimate of drug-likeness (QED) is 0.186. The number of methoxy groups -OCH3 is 1. The Morgan fingerprint density at radius 1 is 1.21 bits per heavy atom. The molecule has 4 aromatic rings. The number of aromatic nitrogens is 5. The summed E-state index contributed by atoms with van der Waals surface area (Å²) < 4.78 is 31.6. The summed E-state index contributed by atoms with van der Waals surface area (Å²) in [5.74, 6) is 1.03. The van der Waals surface area contributed by atoms with Gasteiger partial charge < -0.3 is 25.3 Å². The highest BCUT2D eigenvalue weighted by Crippen LogP contribution is 2.39. The summed E-state index contributed by atoms with van der Waals surface area (Å²) in [4.78, 5) is 17.2. The predicted molar refractivity (Wildman–Crippen MR) is 131 cm³/mol. The molecule has 12 nitrogen and oxygen atoms in total. The fourth-order valence-corrected chi connectivity index (χ4v) is 4.83. The zero-order valence-electron chi connectivity index (χ0n) is 18.4. The summed E-state index contributed by atoms with van der Waals surface area (Å²) in [6.45, 7) is 1.66. The summed E-state index contributed by atoms with van der Waals surface area (Å²) in [6.07, 6.45) is 5.21. The molecule has 0 bridgehead atoms. The van der Waals surface area contributed by atoms with Crippen molar-refractivity contribution in [1.29, 1.82) is 0 Å². The van der Waals surface area contributed by atoms with E-state index in [1.807, 2.05) is 41.2 Å². The van der Waals surface area contributed by atoms with E-state index in [-0.39, 0.29) is 6.54 Å². The normalized spacial score (nSPS) is 11.8. The third kappa shape index (κ3) is 5.66. The van der Waals surface area contributed by atoms with Crippen LogP contribution in [0.5, 0.6) is 5.75 Å². The minimum Gasteiger partial charge on any atom is -0.497 e. The predicted octanol–water partition coefficient (Wildman–Crippen LogP) is 0.946. The number of rotatable bonds is 11. The van der Waals surface area contributed by atoms with Crippen LogP contribution in [-0.2, 0) is 16.8 Å². The molecule has 0 unspecified atom stereocenters. The number of hydrogen-bond acceptors (Lipinski definition) is 9. The average Bonchev–Trinajstić information content (AvgIpc) is 3.45. The van der Waals surface area contributed by atoms with Crippen LogP contribution in [-0.4, -0.2) is 59.7 Å². The smallest absolute Gasteiger partial charge is 0.274 e. The van der Waals surface area contributed by atoms with Crippen LogP contribution in [0.4, 0.5) is 5.82 Å². The molecule has 0 saturated carbocycles. The maximum atomic E-state index is 11.0. The van der Waals surface area contributed by atoms with Crippen LogP contribution in [0.2, 0.25) is 0 Å². The molecule has 0 atom stereocenters. The molecular weight excluding hydrogens is 478 g/mol. The Hall–Kier alpha value is -3.17. The number of aromatic amines is 1. The molecule has 0 aliphatic carbocycles. The van der Waals surface area contributed by atoms with Crippen LogP contribution in [0.1, 0.15) is 0 Å². The Balaban J connectivity index is 1.61. The van der Waals surface area contributed by atoms with E-state index in [9.17, 15) is 8.42 Å². The SMILES string of the molecule is COc1ccc(-c2cc[nH]c2)c(Sc2nc3c(N)ncnc3n2CCNCCNS(N)(=O)=O)c1. The van der Waals surface area contributed by atoms with Crippen LogP contribution in [0, 0.1) is 0 Å². The molecular formula is C20H25N9O3S2. The van der Waals surface area contributed by atoms with E-state index in [4.69, 9.17) is 20.6 Å². The summed E-state index contributed by atoms with van der Waals surface area (Å²) in [5.41, 5.74) is 9.27. The van der Waals surface area contributed by atoms with Gasteiger partial charge in [0.1, 0.15) is 12.1 Å². The number of fused-ring (bicyclic) bond motifs is 1. The largest absolute Gasteiger partial charge is 0.497 e. The fourth-order valence-electron chi connectivity index (χ4n) is 3.35. The average molecular weight is 504 g/mol. The number of anilines is 1. The number of benzene rings is 1. The number of nitrogens with zero attached hydrogens (tertiary/aromatic N) is 4. The molecule has 0 aliphatic heterocycles. The van der Waals surface area contributed by atoms with E-state index in [0.29, 0.717) is 41.8 Å². The number of H-pyrrole nitrogens is 1. The monoisotopic (exact) mass is 503 g/mol. The second kappa shape index (κ2) is 10.4. The molecule has 0 amide bonds. The van der Waals surface area contributed by atoms with Crippen molar-refractivity contribution < 1.29 is 13.2 Å². The van der Waals surface area contributed by atoms with E-state index in [1.54, 1.807) is 7.11 Å². The van der Waals surface area contributed by atoms with Gasteiger partial charge in [-0.25, -0.2) is 24.8 Å². The van der Waals surface area contributed by atoms with Crippen molar-refractivity contribution in [2.45, 2.75) is 16.6 Å². The molecule has 0 spiro atoms. The Bertz CT molecular complexity index is 1370. The molecule has 180 valence electrons. The van der Waals surface area contributed by atoms with Crippen LogP contribution in [0.25, 0.3) is 22.3 Å². The molecule has 0 aliphatic rings. The molecule has 3 aromatic heterocycles. The van der Waals surface area contributed by atoms with Crippen molar-refractivity contribution in [3.05, 3.63) is 43.0 Å². The highest BCUT2D eigenvalue weighted by atomic mass is 32.2. The Morgan fingerprint density at radius 3 is 2.79 bits per heavy atom. The maximum Gasteiger partial charge on any atom is 0.274 e. The molecule has 34 heavy (non-hydrogen) atoms. The lowest BCUT2D eigenvalue weighted by molar-refractivity contribution is 0.414. The Morgan fingerprint density at radius 2 is 2.06 bits per heavy atom. The lowest BCUT2D eigenvalue weighted by Gasteiger charge is -2.12. The van der Waals surface area contributed by atoms with Crippen LogP contribution in [0.3, 0.4) is 0 Å². The molecule has 3 heterocycles. The van der Waals surface area contributed by atoms with Crippen molar-refractivity contribution in [1.82, 2.24) is 34.5 Å². The van der Waals surface area contributed by atoms with E-state index in [0.717, 1.165) is 21.8 Å². The number of nitrogens with two attached hydrogens (primary N) is 2. The minimum absolute atomic E-state index is 0.185. The van der Waals surface area contributed by atoms with Gasteiger partial charge in [0.15, 0.2) is 22.1 Å². The third-order valence-electron chi connectivity index (χ3n) is 4.94. The molecule has 7 N–H and O–H groups in total. The standard InChI is InChI=1S/C20H25N9O3S2/c1-32-14-2-3-15(13-4-5-24-11-13)16(10-14)33-20-28-17-18(21)25-12-26-19(17)29(20)9-8-23-6-7-27-34(22,30)31/h2-5,10-12,23-24,27H,6-9H2,1H3,(H2,21,25,26)(H2,22,30,31). The van der Waals surface area contributed by atoms with Gasteiger partial charge in [-0.1, -0.05) is 11.8 Å². The number of ether oxygens (including phenoxy) is 1. The van der Waals surface area contributed by atoms with Gasteiger partial charge in [0, 0.05) is 49.0 Å². The van der Waals surface area contributed by atoms with Gasteiger partial charge in [0.2, 0.25) is 0 Å². The van der Waals surface area contributed by atoms with Gasteiger partial charge in [-0.15, -0.1) is 0 Å². The fraction of sp³-hybridized carbons (Fsp3) is 0.250. The lowest BCUT2D eigenvalue weighted by atomic mass is 10.1. The van der Waals surface area contributed by atoms with Gasteiger partial charge in [-0.3, -0.25) is 0 Å². The van der Waals surface area contributed by atoms with E-state index in [2.05, 4.69) is 25.0 Å². The van der Waals surface area contributed by atoms with Crippen LogP contribution >= 0.6 is 11.8 Å². The molecule has 1 aromatic carbocycles. The van der Waals surface area contributed by atoms with E-state index < -0.39 is 10.2 Å². The van der Waals surface area contributed by atoms with Gasteiger partial charge in [-0.2, -0.15) is 8.42 Å². The van der Waals surface area contributed by atoms with E-state index in [1.165, 1.54) is 18.1 Å². The second-order valence-electron chi connectivity index (χ2n) is 7.23. The van der Waals surface area contributed by atoms with Crippen molar-refractivity contribution >= 4 is 39.0 Å². The highest BCUT2D eigenvalue weighted by molar-refractivity contribution is 7.99. The first-order valence-electron chi connectivity index (χ1n) is 10.3. The Labute approximate surface area is 200 Å². The first-order valence-corrected chi connectivity index (χ1v) is 12.7. The first-order chi connectivity index (χ1) is 16.4. The number of nitrogen functional groups attached to an aromatic ring is 1. The number of nitrogens with one attached hydrogen (secondary N) is 3. The van der Waals surface area contributed by atoms with Gasteiger partial charge >= 0.3 is 0 Å². The summed E-state index contributed by atoms with van der Waals surface area (Å²) in [6, 6.07) is 7.88. The van der Waals surface area contributed by atoms with Crippen molar-refractivity contribution in [2.24, 2.45) is 5.14 Å². The topological polar surface area (TPSA) is 179 Å². The zero-order valence-corrected chi connectivity index (χ0v) is 20.0. The molecule has 14 heteroatoms. The van der Waals surface area contributed by atoms with Gasteiger partial charge in [-0.05, 0) is 29.8 Å². The van der Waals surface area contributed by atoms with Gasteiger partial charge in [0.05, 0.1) is 7.11 Å². The minimum atomic E-state index is -3.71.